The average molecular weight is 425 g/mol. The van der Waals surface area contributed by atoms with Gasteiger partial charge in [0.2, 0.25) is 5.82 Å². The minimum absolute atomic E-state index is 0.0532. The maximum atomic E-state index is 12.0. The fourth-order valence-electron chi connectivity index (χ4n) is 2.31. The number of carbonyl (C=O) groups excluding carboxylic acids is 1. The van der Waals surface area contributed by atoms with Gasteiger partial charge >= 0.3 is 5.76 Å². The number of nitrogens with zero attached hydrogens (tertiary/aromatic N) is 2. The highest BCUT2D eigenvalue weighted by Crippen LogP contribution is 2.38. The van der Waals surface area contributed by atoms with Gasteiger partial charge < -0.3 is 14.6 Å². The van der Waals surface area contributed by atoms with Gasteiger partial charge in [0.1, 0.15) is 5.75 Å². The summed E-state index contributed by atoms with van der Waals surface area (Å²) in [6, 6.07) is 5.66. The van der Waals surface area contributed by atoms with Gasteiger partial charge in [-0.1, -0.05) is 23.2 Å². The zero-order valence-electron chi connectivity index (χ0n) is 14.7. The summed E-state index contributed by atoms with van der Waals surface area (Å²) in [4.78, 5) is 36.9. The molecule has 0 unspecified atom stereocenters. The molecule has 3 aromatic rings. The SMILES string of the molecule is CC(C)n1cc(Oc2c(Cl)cc(NC(=O)c3noc(=O)[nH]3)cc2Cl)ccc1=O. The lowest BCUT2D eigenvalue weighted by molar-refractivity contribution is 0.101. The highest BCUT2D eigenvalue weighted by Gasteiger charge is 2.16. The number of H-pyrrole nitrogens is 1. The second-order valence-corrected chi connectivity index (χ2v) is 6.79. The summed E-state index contributed by atoms with van der Waals surface area (Å²) >= 11 is 12.5. The predicted octanol–water partition coefficient (Wildman–Crippen LogP) is 3.46. The molecular formula is C17H14Cl2N4O5. The van der Waals surface area contributed by atoms with Crippen molar-refractivity contribution >= 4 is 34.8 Å². The van der Waals surface area contributed by atoms with Crippen LogP contribution in [0.2, 0.25) is 10.0 Å². The number of ether oxygens (including phenoxy) is 1. The van der Waals surface area contributed by atoms with Crippen LogP contribution in [-0.4, -0.2) is 20.6 Å². The Morgan fingerprint density at radius 3 is 2.50 bits per heavy atom. The van der Waals surface area contributed by atoms with Crippen LogP contribution in [0.1, 0.15) is 30.5 Å². The molecule has 0 aliphatic heterocycles. The molecule has 0 saturated carbocycles. The van der Waals surface area contributed by atoms with Crippen LogP contribution in [0.3, 0.4) is 0 Å². The lowest BCUT2D eigenvalue weighted by Crippen LogP contribution is -2.20. The summed E-state index contributed by atoms with van der Waals surface area (Å²) < 4.78 is 11.5. The third-order valence-electron chi connectivity index (χ3n) is 3.60. The van der Waals surface area contributed by atoms with E-state index in [1.165, 1.54) is 28.8 Å². The van der Waals surface area contributed by atoms with E-state index >= 15 is 0 Å². The van der Waals surface area contributed by atoms with Crippen LogP contribution in [0, 0.1) is 0 Å². The molecule has 1 amide bonds. The second kappa shape index (κ2) is 7.91. The molecule has 0 aliphatic rings. The Kier molecular flexibility index (Phi) is 5.57. The van der Waals surface area contributed by atoms with Gasteiger partial charge in [0.25, 0.3) is 11.5 Å². The summed E-state index contributed by atoms with van der Waals surface area (Å²) in [5, 5.41) is 6.01. The van der Waals surface area contributed by atoms with Crippen LogP contribution in [0.5, 0.6) is 11.5 Å². The van der Waals surface area contributed by atoms with Gasteiger partial charge in [-0.3, -0.25) is 19.1 Å². The normalized spacial score (nSPS) is 10.9. The zero-order valence-corrected chi connectivity index (χ0v) is 16.2. The number of carbonyl (C=O) groups is 1. The molecule has 0 atom stereocenters. The Balaban J connectivity index is 1.84. The smallest absolute Gasteiger partial charge is 0.439 e. The summed E-state index contributed by atoms with van der Waals surface area (Å²) in [6.07, 6.45) is 1.55. The molecule has 0 aliphatic carbocycles. The van der Waals surface area contributed by atoms with Crippen molar-refractivity contribution in [1.82, 2.24) is 14.7 Å². The van der Waals surface area contributed by atoms with Crippen molar-refractivity contribution in [3.63, 3.8) is 0 Å². The second-order valence-electron chi connectivity index (χ2n) is 5.97. The highest BCUT2D eigenvalue weighted by molar-refractivity contribution is 6.37. The molecule has 1 aromatic carbocycles. The van der Waals surface area contributed by atoms with Crippen LogP contribution in [0.15, 0.2) is 44.6 Å². The molecule has 0 radical (unpaired) electrons. The average Bonchev–Trinajstić information content (AvgIpc) is 3.06. The minimum Gasteiger partial charge on any atom is -0.453 e. The monoisotopic (exact) mass is 424 g/mol. The number of rotatable bonds is 5. The van der Waals surface area contributed by atoms with Crippen molar-refractivity contribution in [3.05, 3.63) is 67.2 Å². The largest absolute Gasteiger partial charge is 0.453 e. The topological polar surface area (TPSA) is 119 Å². The van der Waals surface area contributed by atoms with E-state index in [4.69, 9.17) is 27.9 Å². The van der Waals surface area contributed by atoms with E-state index in [0.29, 0.717) is 5.75 Å². The van der Waals surface area contributed by atoms with E-state index in [1.807, 2.05) is 13.8 Å². The molecule has 2 aromatic heterocycles. The summed E-state index contributed by atoms with van der Waals surface area (Å²) in [7, 11) is 0. The number of hydrogen-bond acceptors (Lipinski definition) is 6. The molecule has 0 bridgehead atoms. The van der Waals surface area contributed by atoms with E-state index in [2.05, 4.69) is 20.0 Å². The van der Waals surface area contributed by atoms with Gasteiger partial charge in [-0.15, -0.1) is 0 Å². The lowest BCUT2D eigenvalue weighted by atomic mass is 10.3. The van der Waals surface area contributed by atoms with Crippen LogP contribution in [-0.2, 0) is 0 Å². The first kappa shape index (κ1) is 19.7. The van der Waals surface area contributed by atoms with Crippen LogP contribution in [0.4, 0.5) is 5.69 Å². The molecule has 11 heteroatoms. The fraction of sp³-hybridized carbons (Fsp3) is 0.176. The summed E-state index contributed by atoms with van der Waals surface area (Å²) in [6.45, 7) is 3.73. The number of pyridine rings is 1. The van der Waals surface area contributed by atoms with Gasteiger partial charge in [0.05, 0.1) is 16.2 Å². The first-order chi connectivity index (χ1) is 13.2. The first-order valence-electron chi connectivity index (χ1n) is 8.01. The van der Waals surface area contributed by atoms with Crippen LogP contribution >= 0.6 is 23.2 Å². The van der Waals surface area contributed by atoms with Crippen molar-refractivity contribution in [3.8, 4) is 11.5 Å². The number of aromatic nitrogens is 3. The summed E-state index contributed by atoms with van der Waals surface area (Å²) in [5.41, 5.74) is 0.0897. The number of anilines is 1. The molecular weight excluding hydrogens is 411 g/mol. The number of aromatic amines is 1. The number of hydrogen-bond donors (Lipinski definition) is 2. The van der Waals surface area contributed by atoms with E-state index in [0.717, 1.165) is 0 Å². The zero-order chi connectivity index (χ0) is 20.4. The van der Waals surface area contributed by atoms with Crippen molar-refractivity contribution in [2.75, 3.05) is 5.32 Å². The summed E-state index contributed by atoms with van der Waals surface area (Å²) in [5.74, 6) is -1.34. The van der Waals surface area contributed by atoms with Crippen LogP contribution in [0.25, 0.3) is 0 Å². The number of nitrogens with one attached hydrogen (secondary N) is 2. The fourth-order valence-corrected chi connectivity index (χ4v) is 2.88. The van der Waals surface area contributed by atoms with Gasteiger partial charge in [0, 0.05) is 17.8 Å². The van der Waals surface area contributed by atoms with Gasteiger partial charge in [-0.05, 0) is 37.2 Å². The maximum Gasteiger partial charge on any atom is 0.439 e. The van der Waals surface area contributed by atoms with Crippen molar-refractivity contribution < 1.29 is 14.1 Å². The Morgan fingerprint density at radius 2 is 1.93 bits per heavy atom. The molecule has 146 valence electrons. The quantitative estimate of drug-likeness (QED) is 0.646. The molecule has 0 saturated heterocycles. The van der Waals surface area contributed by atoms with E-state index < -0.39 is 11.7 Å². The Hall–Kier alpha value is -3.04. The molecule has 28 heavy (non-hydrogen) atoms. The third kappa shape index (κ3) is 4.26. The van der Waals surface area contributed by atoms with Gasteiger partial charge in [-0.25, -0.2) is 4.79 Å². The van der Waals surface area contributed by atoms with E-state index in [1.54, 1.807) is 6.20 Å². The molecule has 9 nitrogen and oxygen atoms in total. The van der Waals surface area contributed by atoms with Gasteiger partial charge in [-0.2, -0.15) is 0 Å². The Bertz CT molecular complexity index is 1130. The van der Waals surface area contributed by atoms with Crippen LogP contribution < -0.4 is 21.4 Å². The van der Waals surface area contributed by atoms with E-state index in [9.17, 15) is 14.4 Å². The number of halogens is 2. The van der Waals surface area contributed by atoms with E-state index in [-0.39, 0.29) is 38.9 Å². The molecule has 0 fully saturated rings. The predicted molar refractivity (Wildman–Crippen MR) is 103 cm³/mol. The highest BCUT2D eigenvalue weighted by atomic mass is 35.5. The van der Waals surface area contributed by atoms with Crippen molar-refractivity contribution in [2.45, 2.75) is 19.9 Å². The van der Waals surface area contributed by atoms with Crippen molar-refractivity contribution in [2.24, 2.45) is 0 Å². The van der Waals surface area contributed by atoms with Gasteiger partial charge in [0.15, 0.2) is 5.75 Å². The van der Waals surface area contributed by atoms with Crippen molar-refractivity contribution in [1.29, 1.82) is 0 Å². The lowest BCUT2D eigenvalue weighted by Gasteiger charge is -2.14. The Labute approximate surface area is 167 Å². The molecule has 3 rings (SSSR count). The standard InChI is InChI=1S/C17H14Cl2N4O5/c1-8(2)23-7-10(3-4-13(23)24)27-14-11(18)5-9(6-12(14)19)20-16(25)15-21-17(26)28-22-15/h3-8H,1-2H3,(H,20,25)(H,21,22,26). The molecule has 2 N–H and O–H groups in total. The first-order valence-corrected chi connectivity index (χ1v) is 8.76. The molecule has 2 heterocycles. The number of benzene rings is 1. The third-order valence-corrected chi connectivity index (χ3v) is 4.16. The Morgan fingerprint density at radius 1 is 1.25 bits per heavy atom. The molecule has 0 spiro atoms. The number of amides is 1. The maximum absolute atomic E-state index is 12.0. The minimum atomic E-state index is -0.854.